The Morgan fingerprint density at radius 3 is 2.38 bits per heavy atom. The van der Waals surface area contributed by atoms with E-state index in [1.807, 2.05) is 29.2 Å². The van der Waals surface area contributed by atoms with Crippen molar-refractivity contribution in [1.82, 2.24) is 15.5 Å². The van der Waals surface area contributed by atoms with Crippen LogP contribution >= 0.6 is 12.4 Å². The Morgan fingerprint density at radius 2 is 1.83 bits per heavy atom. The van der Waals surface area contributed by atoms with Gasteiger partial charge >= 0.3 is 0 Å². The summed E-state index contributed by atoms with van der Waals surface area (Å²) in [7, 11) is 0. The van der Waals surface area contributed by atoms with E-state index < -0.39 is 0 Å². The van der Waals surface area contributed by atoms with Crippen LogP contribution in [0.3, 0.4) is 0 Å². The van der Waals surface area contributed by atoms with E-state index in [-0.39, 0.29) is 24.2 Å². The zero-order valence-corrected chi connectivity index (χ0v) is 15.3. The molecule has 1 heterocycles. The number of carbonyl (C=O) groups excluding carboxylic acids is 2. The van der Waals surface area contributed by atoms with E-state index in [0.717, 1.165) is 50.0 Å². The van der Waals surface area contributed by atoms with E-state index in [1.54, 1.807) is 0 Å². The second kappa shape index (κ2) is 10.3. The summed E-state index contributed by atoms with van der Waals surface area (Å²) in [5.41, 5.74) is 1.73. The molecule has 2 N–H and O–H groups in total. The molecule has 6 heteroatoms. The summed E-state index contributed by atoms with van der Waals surface area (Å²) in [5.74, 6) is 0.0648. The third-order valence-corrected chi connectivity index (χ3v) is 4.22. The summed E-state index contributed by atoms with van der Waals surface area (Å²) in [6, 6.07) is 7.89. The highest BCUT2D eigenvalue weighted by Crippen LogP contribution is 2.17. The van der Waals surface area contributed by atoms with Gasteiger partial charge < -0.3 is 15.5 Å². The van der Waals surface area contributed by atoms with E-state index in [9.17, 15) is 9.59 Å². The molecule has 0 spiro atoms. The molecule has 1 saturated heterocycles. The number of carbonyl (C=O) groups is 2. The minimum Gasteiger partial charge on any atom is -0.352 e. The van der Waals surface area contributed by atoms with Crippen LogP contribution in [-0.4, -0.2) is 42.4 Å². The van der Waals surface area contributed by atoms with E-state index in [4.69, 9.17) is 0 Å². The first-order valence-corrected chi connectivity index (χ1v) is 8.47. The second-order valence-corrected chi connectivity index (χ2v) is 6.09. The Kier molecular flexibility index (Phi) is 8.79. The molecule has 24 heavy (non-hydrogen) atoms. The summed E-state index contributed by atoms with van der Waals surface area (Å²) in [6.07, 6.45) is 3.01. The highest BCUT2D eigenvalue weighted by molar-refractivity contribution is 5.94. The number of benzene rings is 1. The molecule has 5 nitrogen and oxygen atoms in total. The van der Waals surface area contributed by atoms with Crippen LogP contribution in [0.5, 0.6) is 0 Å². The predicted octanol–water partition coefficient (Wildman–Crippen LogP) is 2.35. The van der Waals surface area contributed by atoms with Gasteiger partial charge in [0.05, 0.1) is 0 Å². The van der Waals surface area contributed by atoms with Crippen molar-refractivity contribution >= 4 is 24.2 Å². The highest BCUT2D eigenvalue weighted by Gasteiger charge is 2.25. The zero-order valence-electron chi connectivity index (χ0n) is 14.5. The maximum atomic E-state index is 12.8. The first-order chi connectivity index (χ1) is 11.1. The first kappa shape index (κ1) is 20.5. The smallest absolute Gasteiger partial charge is 0.254 e. The Labute approximate surface area is 150 Å². The first-order valence-electron chi connectivity index (χ1n) is 8.47. The fourth-order valence-electron chi connectivity index (χ4n) is 2.97. The molecule has 2 rings (SSSR count). The van der Waals surface area contributed by atoms with Gasteiger partial charge in [0, 0.05) is 31.6 Å². The third-order valence-electron chi connectivity index (χ3n) is 4.22. The standard InChI is InChI=1S/C18H27N3O2.ClH/c1-3-12-21(17-8-10-19-11-9-17)18(23)16-6-4-15(5-7-16)13-20-14(2)22;/h4-7,17,19H,3,8-13H2,1-2H3,(H,20,22);1H. The molecule has 0 atom stereocenters. The molecule has 1 aromatic rings. The fourth-order valence-corrected chi connectivity index (χ4v) is 2.97. The molecule has 0 aliphatic carbocycles. The van der Waals surface area contributed by atoms with Crippen LogP contribution in [-0.2, 0) is 11.3 Å². The average molecular weight is 354 g/mol. The number of halogens is 1. The van der Waals surface area contributed by atoms with Crippen molar-refractivity contribution in [3.8, 4) is 0 Å². The molecule has 0 aromatic heterocycles. The lowest BCUT2D eigenvalue weighted by molar-refractivity contribution is -0.119. The maximum Gasteiger partial charge on any atom is 0.254 e. The molecular weight excluding hydrogens is 326 g/mol. The topological polar surface area (TPSA) is 61.4 Å². The Hall–Kier alpha value is -1.59. The van der Waals surface area contributed by atoms with Crippen LogP contribution in [0.15, 0.2) is 24.3 Å². The van der Waals surface area contributed by atoms with Gasteiger partial charge in [-0.2, -0.15) is 0 Å². The summed E-state index contributed by atoms with van der Waals surface area (Å²) >= 11 is 0. The molecule has 0 saturated carbocycles. The molecule has 1 aliphatic heterocycles. The van der Waals surface area contributed by atoms with E-state index in [2.05, 4.69) is 17.6 Å². The number of hydrogen-bond acceptors (Lipinski definition) is 3. The number of rotatable bonds is 6. The molecule has 0 bridgehead atoms. The molecule has 134 valence electrons. The Bertz CT molecular complexity index is 528. The van der Waals surface area contributed by atoms with Gasteiger partial charge in [-0.3, -0.25) is 9.59 Å². The molecule has 1 aliphatic rings. The molecule has 1 aromatic carbocycles. The third kappa shape index (κ3) is 5.80. The van der Waals surface area contributed by atoms with Crippen molar-refractivity contribution in [2.75, 3.05) is 19.6 Å². The highest BCUT2D eigenvalue weighted by atomic mass is 35.5. The van der Waals surface area contributed by atoms with Crippen LogP contribution in [0.2, 0.25) is 0 Å². The molecule has 1 fully saturated rings. The van der Waals surface area contributed by atoms with Gasteiger partial charge in [-0.1, -0.05) is 19.1 Å². The van der Waals surface area contributed by atoms with Crippen molar-refractivity contribution < 1.29 is 9.59 Å². The molecule has 2 amide bonds. The average Bonchev–Trinajstić information content (AvgIpc) is 2.58. The van der Waals surface area contributed by atoms with Crippen LogP contribution in [0.4, 0.5) is 0 Å². The van der Waals surface area contributed by atoms with Crippen molar-refractivity contribution in [3.63, 3.8) is 0 Å². The van der Waals surface area contributed by atoms with E-state index in [1.165, 1.54) is 6.92 Å². The van der Waals surface area contributed by atoms with Crippen molar-refractivity contribution in [3.05, 3.63) is 35.4 Å². The van der Waals surface area contributed by atoms with Crippen LogP contribution in [0, 0.1) is 0 Å². The maximum absolute atomic E-state index is 12.8. The van der Waals surface area contributed by atoms with Crippen LogP contribution < -0.4 is 10.6 Å². The summed E-state index contributed by atoms with van der Waals surface area (Å²) in [5, 5.41) is 6.11. The van der Waals surface area contributed by atoms with Gasteiger partial charge in [-0.15, -0.1) is 12.4 Å². The SMILES string of the molecule is CCCN(C(=O)c1ccc(CNC(C)=O)cc1)C1CCNCC1.Cl. The summed E-state index contributed by atoms with van der Waals surface area (Å²) in [4.78, 5) is 25.8. The van der Waals surface area contributed by atoms with Crippen molar-refractivity contribution in [2.24, 2.45) is 0 Å². The Balaban J connectivity index is 0.00000288. The van der Waals surface area contributed by atoms with Crippen LogP contribution in [0.25, 0.3) is 0 Å². The van der Waals surface area contributed by atoms with Gasteiger partial charge in [0.2, 0.25) is 5.91 Å². The molecule has 0 unspecified atom stereocenters. The number of amides is 2. The Morgan fingerprint density at radius 1 is 1.21 bits per heavy atom. The number of hydrogen-bond donors (Lipinski definition) is 2. The monoisotopic (exact) mass is 353 g/mol. The molecular formula is C18H28ClN3O2. The largest absolute Gasteiger partial charge is 0.352 e. The fraction of sp³-hybridized carbons (Fsp3) is 0.556. The number of piperidine rings is 1. The van der Waals surface area contributed by atoms with Gasteiger partial charge in [0.25, 0.3) is 5.91 Å². The number of nitrogens with one attached hydrogen (secondary N) is 2. The normalized spacial score (nSPS) is 14.6. The minimum atomic E-state index is -0.0508. The van der Waals surface area contributed by atoms with Crippen molar-refractivity contribution in [1.29, 1.82) is 0 Å². The molecule has 0 radical (unpaired) electrons. The number of nitrogens with zero attached hydrogens (tertiary/aromatic N) is 1. The van der Waals surface area contributed by atoms with Gasteiger partial charge in [-0.25, -0.2) is 0 Å². The zero-order chi connectivity index (χ0) is 16.7. The van der Waals surface area contributed by atoms with Crippen LogP contribution in [0.1, 0.15) is 49.0 Å². The van der Waals surface area contributed by atoms with Gasteiger partial charge in [-0.05, 0) is 50.0 Å². The van der Waals surface area contributed by atoms with Crippen molar-refractivity contribution in [2.45, 2.75) is 45.7 Å². The minimum absolute atomic E-state index is 0. The van der Waals surface area contributed by atoms with E-state index >= 15 is 0 Å². The summed E-state index contributed by atoms with van der Waals surface area (Å²) in [6.45, 7) is 6.87. The van der Waals surface area contributed by atoms with Gasteiger partial charge in [0.15, 0.2) is 0 Å². The van der Waals surface area contributed by atoms with E-state index in [0.29, 0.717) is 12.6 Å². The van der Waals surface area contributed by atoms with Gasteiger partial charge in [0.1, 0.15) is 0 Å². The lowest BCUT2D eigenvalue weighted by atomic mass is 10.0. The predicted molar refractivity (Wildman–Crippen MR) is 98.4 cm³/mol. The lowest BCUT2D eigenvalue weighted by Crippen LogP contribution is -2.46. The summed E-state index contributed by atoms with van der Waals surface area (Å²) < 4.78 is 0. The lowest BCUT2D eigenvalue weighted by Gasteiger charge is -2.34. The second-order valence-electron chi connectivity index (χ2n) is 6.09. The quantitative estimate of drug-likeness (QED) is 0.825.